The van der Waals surface area contributed by atoms with Crippen LogP contribution in [0.25, 0.3) is 0 Å². The molecule has 0 aromatic carbocycles. The van der Waals surface area contributed by atoms with Crippen LogP contribution >= 0.6 is 0 Å². The highest BCUT2D eigenvalue weighted by atomic mass is 15.1. The predicted molar refractivity (Wildman–Crippen MR) is 76.2 cm³/mol. The summed E-state index contributed by atoms with van der Waals surface area (Å²) in [6.45, 7) is 5.70. The molecule has 0 bridgehead atoms. The fraction of sp³-hybridized carbons (Fsp3) is 1.00. The standard InChI is InChI=1S/C15H32N2/c1-4-14-8-10-15(11-9-14)17(3)12-6-5-7-13(2)16/h13-15H,4-12,16H2,1-3H3. The summed E-state index contributed by atoms with van der Waals surface area (Å²) in [5.41, 5.74) is 5.77. The van der Waals surface area contributed by atoms with Crippen LogP contribution in [0, 0.1) is 5.92 Å². The maximum absolute atomic E-state index is 5.77. The largest absolute Gasteiger partial charge is 0.328 e. The van der Waals surface area contributed by atoms with Gasteiger partial charge in [0.05, 0.1) is 0 Å². The molecule has 0 radical (unpaired) electrons. The van der Waals surface area contributed by atoms with Gasteiger partial charge in [0.25, 0.3) is 0 Å². The quantitative estimate of drug-likeness (QED) is 0.691. The third kappa shape index (κ3) is 5.87. The van der Waals surface area contributed by atoms with Crippen LogP contribution in [0.5, 0.6) is 0 Å². The molecule has 0 spiro atoms. The zero-order valence-corrected chi connectivity index (χ0v) is 12.1. The van der Waals surface area contributed by atoms with E-state index in [1.54, 1.807) is 0 Å². The monoisotopic (exact) mass is 240 g/mol. The van der Waals surface area contributed by atoms with E-state index in [9.17, 15) is 0 Å². The molecule has 1 unspecified atom stereocenters. The first-order valence-electron chi connectivity index (χ1n) is 7.59. The third-order valence-corrected chi connectivity index (χ3v) is 4.44. The molecule has 1 saturated carbocycles. The van der Waals surface area contributed by atoms with Gasteiger partial charge >= 0.3 is 0 Å². The van der Waals surface area contributed by atoms with Gasteiger partial charge in [-0.05, 0) is 65.0 Å². The Hall–Kier alpha value is -0.0800. The normalized spacial score (nSPS) is 27.4. The van der Waals surface area contributed by atoms with Gasteiger partial charge in [-0.2, -0.15) is 0 Å². The Morgan fingerprint density at radius 2 is 1.82 bits per heavy atom. The maximum Gasteiger partial charge on any atom is 0.00924 e. The van der Waals surface area contributed by atoms with Gasteiger partial charge in [-0.15, -0.1) is 0 Å². The Morgan fingerprint density at radius 3 is 2.35 bits per heavy atom. The highest BCUT2D eigenvalue weighted by molar-refractivity contribution is 4.77. The van der Waals surface area contributed by atoms with Gasteiger partial charge in [-0.1, -0.05) is 19.8 Å². The van der Waals surface area contributed by atoms with Crippen molar-refractivity contribution in [3.63, 3.8) is 0 Å². The lowest BCUT2D eigenvalue weighted by Gasteiger charge is -2.34. The number of hydrogen-bond donors (Lipinski definition) is 1. The number of rotatable bonds is 7. The summed E-state index contributed by atoms with van der Waals surface area (Å²) in [5.74, 6) is 1.01. The van der Waals surface area contributed by atoms with Crippen molar-refractivity contribution in [1.82, 2.24) is 4.90 Å². The molecule has 0 saturated heterocycles. The molecule has 1 atom stereocenters. The Balaban J connectivity index is 2.09. The van der Waals surface area contributed by atoms with Gasteiger partial charge < -0.3 is 10.6 Å². The molecular weight excluding hydrogens is 208 g/mol. The molecule has 0 amide bonds. The topological polar surface area (TPSA) is 29.3 Å². The highest BCUT2D eigenvalue weighted by Gasteiger charge is 2.22. The van der Waals surface area contributed by atoms with Gasteiger partial charge in [0.2, 0.25) is 0 Å². The molecule has 2 nitrogen and oxygen atoms in total. The van der Waals surface area contributed by atoms with E-state index < -0.39 is 0 Å². The molecule has 1 aliphatic rings. The Bertz CT molecular complexity index is 183. The minimum Gasteiger partial charge on any atom is -0.328 e. The van der Waals surface area contributed by atoms with E-state index in [1.807, 2.05) is 0 Å². The van der Waals surface area contributed by atoms with E-state index in [-0.39, 0.29) is 0 Å². The molecule has 1 rings (SSSR count). The Labute approximate surface area is 108 Å². The summed E-state index contributed by atoms with van der Waals surface area (Å²) in [6.07, 6.45) is 10.9. The van der Waals surface area contributed by atoms with Crippen LogP contribution in [0.4, 0.5) is 0 Å². The summed E-state index contributed by atoms with van der Waals surface area (Å²) in [4.78, 5) is 2.59. The maximum atomic E-state index is 5.77. The first-order chi connectivity index (χ1) is 8.13. The van der Waals surface area contributed by atoms with Crippen molar-refractivity contribution in [3.8, 4) is 0 Å². The number of nitrogens with two attached hydrogens (primary N) is 1. The van der Waals surface area contributed by atoms with Gasteiger partial charge in [0.1, 0.15) is 0 Å². The summed E-state index contributed by atoms with van der Waals surface area (Å²) < 4.78 is 0. The van der Waals surface area contributed by atoms with Crippen molar-refractivity contribution in [2.45, 2.75) is 77.3 Å². The van der Waals surface area contributed by atoms with Gasteiger partial charge in [-0.25, -0.2) is 0 Å². The fourth-order valence-corrected chi connectivity index (χ4v) is 3.00. The van der Waals surface area contributed by atoms with Gasteiger partial charge in [-0.3, -0.25) is 0 Å². The van der Waals surface area contributed by atoms with E-state index in [0.717, 1.165) is 12.0 Å². The number of unbranched alkanes of at least 4 members (excludes halogenated alkanes) is 1. The first-order valence-corrected chi connectivity index (χ1v) is 7.59. The SMILES string of the molecule is CCC1CCC(N(C)CCCCC(C)N)CC1. The zero-order valence-electron chi connectivity index (χ0n) is 12.1. The molecule has 17 heavy (non-hydrogen) atoms. The lowest BCUT2D eigenvalue weighted by molar-refractivity contribution is 0.161. The minimum atomic E-state index is 0.375. The summed E-state index contributed by atoms with van der Waals surface area (Å²) in [7, 11) is 2.31. The van der Waals surface area contributed by atoms with E-state index in [4.69, 9.17) is 5.73 Å². The fourth-order valence-electron chi connectivity index (χ4n) is 3.00. The minimum absolute atomic E-state index is 0.375. The third-order valence-electron chi connectivity index (χ3n) is 4.44. The summed E-state index contributed by atoms with van der Waals surface area (Å²) in [5, 5.41) is 0. The predicted octanol–water partition coefficient (Wildman–Crippen LogP) is 3.40. The second-order valence-corrected chi connectivity index (χ2v) is 6.04. The molecule has 2 heteroatoms. The molecular formula is C15H32N2. The van der Waals surface area contributed by atoms with E-state index in [1.165, 1.54) is 57.9 Å². The van der Waals surface area contributed by atoms with Gasteiger partial charge in [0, 0.05) is 12.1 Å². The van der Waals surface area contributed by atoms with E-state index in [0.29, 0.717) is 6.04 Å². The van der Waals surface area contributed by atoms with Crippen LogP contribution < -0.4 is 5.73 Å². The molecule has 102 valence electrons. The zero-order chi connectivity index (χ0) is 12.7. The van der Waals surface area contributed by atoms with Crippen molar-refractivity contribution in [3.05, 3.63) is 0 Å². The number of nitrogens with zero attached hydrogens (tertiary/aromatic N) is 1. The lowest BCUT2D eigenvalue weighted by atomic mass is 9.84. The van der Waals surface area contributed by atoms with Gasteiger partial charge in [0.15, 0.2) is 0 Å². The average Bonchev–Trinajstić information content (AvgIpc) is 2.34. The van der Waals surface area contributed by atoms with Crippen molar-refractivity contribution in [2.75, 3.05) is 13.6 Å². The van der Waals surface area contributed by atoms with Crippen molar-refractivity contribution in [2.24, 2.45) is 11.7 Å². The van der Waals surface area contributed by atoms with Crippen LogP contribution in [0.1, 0.15) is 65.2 Å². The van der Waals surface area contributed by atoms with Crippen molar-refractivity contribution in [1.29, 1.82) is 0 Å². The van der Waals surface area contributed by atoms with Crippen LogP contribution in [0.3, 0.4) is 0 Å². The van der Waals surface area contributed by atoms with Crippen molar-refractivity contribution >= 4 is 0 Å². The first kappa shape index (κ1) is 15.0. The second-order valence-electron chi connectivity index (χ2n) is 6.04. The highest BCUT2D eigenvalue weighted by Crippen LogP contribution is 2.28. The average molecular weight is 240 g/mol. The molecule has 1 aliphatic carbocycles. The van der Waals surface area contributed by atoms with Crippen LogP contribution in [0.15, 0.2) is 0 Å². The lowest BCUT2D eigenvalue weighted by Crippen LogP contribution is -2.35. The summed E-state index contributed by atoms with van der Waals surface area (Å²) in [6, 6.07) is 1.23. The number of hydrogen-bond acceptors (Lipinski definition) is 2. The Kier molecular flexibility index (Phi) is 7.14. The molecule has 1 fully saturated rings. The van der Waals surface area contributed by atoms with Crippen molar-refractivity contribution < 1.29 is 0 Å². The molecule has 0 aromatic heterocycles. The molecule has 0 aliphatic heterocycles. The summed E-state index contributed by atoms with van der Waals surface area (Å²) >= 11 is 0. The molecule has 2 N–H and O–H groups in total. The molecule has 0 aromatic rings. The molecule has 0 heterocycles. The van der Waals surface area contributed by atoms with Crippen LogP contribution in [-0.4, -0.2) is 30.6 Å². The smallest absolute Gasteiger partial charge is 0.00924 e. The van der Waals surface area contributed by atoms with Crippen LogP contribution in [0.2, 0.25) is 0 Å². The Morgan fingerprint density at radius 1 is 1.18 bits per heavy atom. The van der Waals surface area contributed by atoms with E-state index in [2.05, 4.69) is 25.8 Å². The second kappa shape index (κ2) is 8.10. The van der Waals surface area contributed by atoms with E-state index >= 15 is 0 Å². The van der Waals surface area contributed by atoms with Crippen LogP contribution in [-0.2, 0) is 0 Å².